The summed E-state index contributed by atoms with van der Waals surface area (Å²) in [6.07, 6.45) is 8.00. The van der Waals surface area contributed by atoms with Gasteiger partial charge in [-0.15, -0.1) is 12.8 Å². The summed E-state index contributed by atoms with van der Waals surface area (Å²) in [4.78, 5) is 0. The predicted octanol–water partition coefficient (Wildman–Crippen LogP) is 3.21. The zero-order valence-corrected chi connectivity index (χ0v) is 4.62. The lowest BCUT2D eigenvalue weighted by atomic mass is 10.4. The van der Waals surface area contributed by atoms with E-state index in [2.05, 4.69) is 12.8 Å². The summed E-state index contributed by atoms with van der Waals surface area (Å²) < 4.78 is 0. The van der Waals surface area contributed by atoms with Crippen molar-refractivity contribution in [3.05, 3.63) is 36.4 Å². The van der Waals surface area contributed by atoms with Gasteiger partial charge in [-0.1, -0.05) is 51.3 Å². The highest BCUT2D eigenvalue weighted by Gasteiger charge is 1.57. The monoisotopic (exact) mass is 136 g/mol. The van der Waals surface area contributed by atoms with Crippen molar-refractivity contribution in [1.29, 1.82) is 0 Å². The molecule has 0 heterocycles. The highest BCUT2D eigenvalue weighted by molar-refractivity contribution is 4.99. The van der Waals surface area contributed by atoms with E-state index in [4.69, 9.17) is 0 Å². The molecule has 0 aliphatic heterocycles. The molecule has 0 atom stereocenters. The van der Waals surface area contributed by atoms with E-state index in [1.54, 1.807) is 0 Å². The molecule has 0 aliphatic rings. The standard InChI is InChI=1S/C6H6.C2H2.2CH4/c1-2-4-6-5-3-1;1-2;;/h1-6H;1-2H;2*1H4. The molecule has 0 spiro atoms. The van der Waals surface area contributed by atoms with Crippen LogP contribution < -0.4 is 0 Å². The molecule has 0 amide bonds. The predicted molar refractivity (Wildman–Crippen MR) is 49.8 cm³/mol. The van der Waals surface area contributed by atoms with E-state index in [-0.39, 0.29) is 14.9 Å². The first-order chi connectivity index (χ1) is 4.00. The highest BCUT2D eigenvalue weighted by Crippen LogP contribution is 1.79. The molecule has 56 valence electrons. The van der Waals surface area contributed by atoms with Gasteiger partial charge in [0.1, 0.15) is 0 Å². The lowest BCUT2D eigenvalue weighted by Gasteiger charge is -1.69. The van der Waals surface area contributed by atoms with Crippen LogP contribution in [-0.4, -0.2) is 0 Å². The summed E-state index contributed by atoms with van der Waals surface area (Å²) in [5.74, 6) is 0. The number of terminal acetylenes is 1. The first kappa shape index (κ1) is 15.9. The van der Waals surface area contributed by atoms with Crippen LogP contribution in [0.15, 0.2) is 36.4 Å². The van der Waals surface area contributed by atoms with Crippen molar-refractivity contribution in [2.45, 2.75) is 14.9 Å². The third-order valence-corrected chi connectivity index (χ3v) is 0.667. The summed E-state index contributed by atoms with van der Waals surface area (Å²) >= 11 is 0. The second kappa shape index (κ2) is 15.7. The molecule has 0 saturated carbocycles. The first-order valence-corrected chi connectivity index (χ1v) is 2.33. The van der Waals surface area contributed by atoms with Crippen molar-refractivity contribution in [3.63, 3.8) is 0 Å². The molecule has 0 nitrogen and oxygen atoms in total. The number of benzene rings is 1. The van der Waals surface area contributed by atoms with Gasteiger partial charge in [-0.25, -0.2) is 0 Å². The number of hydrogen-bond donors (Lipinski definition) is 0. The van der Waals surface area contributed by atoms with E-state index in [1.165, 1.54) is 0 Å². The minimum atomic E-state index is 0. The first-order valence-electron chi connectivity index (χ1n) is 2.33. The minimum Gasteiger partial charge on any atom is -0.124 e. The maximum absolute atomic E-state index is 4.00. The molecule has 1 aromatic rings. The molecular formula is C10H16. The molecule has 0 fully saturated rings. The molecule has 0 saturated heterocycles. The Balaban J connectivity index is -0.000000114. The molecule has 0 radical (unpaired) electrons. The lowest BCUT2D eigenvalue weighted by Crippen LogP contribution is -1.47. The molecule has 10 heavy (non-hydrogen) atoms. The topological polar surface area (TPSA) is 0 Å². The molecule has 1 rings (SSSR count). The molecule has 0 heteroatoms. The summed E-state index contributed by atoms with van der Waals surface area (Å²) in [6, 6.07) is 12.0. The lowest BCUT2D eigenvalue weighted by molar-refractivity contribution is 1.72. The zero-order valence-electron chi connectivity index (χ0n) is 4.62. The van der Waals surface area contributed by atoms with Crippen LogP contribution in [-0.2, 0) is 0 Å². The van der Waals surface area contributed by atoms with Gasteiger partial charge in [0.2, 0.25) is 0 Å². The summed E-state index contributed by atoms with van der Waals surface area (Å²) in [5.41, 5.74) is 0. The SMILES string of the molecule is C.C.C#C.c1ccccc1. The zero-order chi connectivity index (χ0) is 6.24. The number of rotatable bonds is 0. The van der Waals surface area contributed by atoms with Crippen molar-refractivity contribution >= 4 is 0 Å². The van der Waals surface area contributed by atoms with E-state index >= 15 is 0 Å². The van der Waals surface area contributed by atoms with Crippen LogP contribution in [0.1, 0.15) is 14.9 Å². The molecule has 0 unspecified atom stereocenters. The highest BCUT2D eigenvalue weighted by atomic mass is 13.6. The van der Waals surface area contributed by atoms with Crippen LogP contribution >= 0.6 is 0 Å². The van der Waals surface area contributed by atoms with Crippen molar-refractivity contribution in [3.8, 4) is 12.8 Å². The maximum atomic E-state index is 4.00. The van der Waals surface area contributed by atoms with Gasteiger partial charge in [0.25, 0.3) is 0 Å². The van der Waals surface area contributed by atoms with Gasteiger partial charge in [0, 0.05) is 0 Å². The molecule has 0 bridgehead atoms. The largest absolute Gasteiger partial charge is 0.124 e. The Kier molecular flexibility index (Phi) is 24.9. The average molecular weight is 136 g/mol. The third kappa shape index (κ3) is 9.91. The van der Waals surface area contributed by atoms with E-state index in [9.17, 15) is 0 Å². The normalized spacial score (nSPS) is 5.00. The van der Waals surface area contributed by atoms with Gasteiger partial charge in [0.05, 0.1) is 0 Å². The Bertz CT molecular complexity index is 101. The number of hydrogen-bond acceptors (Lipinski definition) is 0. The Morgan fingerprint density at radius 2 is 0.600 bits per heavy atom. The van der Waals surface area contributed by atoms with E-state index in [0.29, 0.717) is 0 Å². The molecule has 0 N–H and O–H groups in total. The van der Waals surface area contributed by atoms with E-state index in [1.807, 2.05) is 36.4 Å². The van der Waals surface area contributed by atoms with Crippen LogP contribution in [0.4, 0.5) is 0 Å². The van der Waals surface area contributed by atoms with Gasteiger partial charge in [-0.2, -0.15) is 0 Å². The summed E-state index contributed by atoms with van der Waals surface area (Å²) in [5, 5.41) is 0. The fourth-order valence-corrected chi connectivity index (χ4v) is 0.385. The van der Waals surface area contributed by atoms with E-state index < -0.39 is 0 Å². The maximum Gasteiger partial charge on any atom is -0.0623 e. The Morgan fingerprint density at radius 3 is 0.700 bits per heavy atom. The molecular weight excluding hydrogens is 120 g/mol. The van der Waals surface area contributed by atoms with Crippen molar-refractivity contribution in [2.24, 2.45) is 0 Å². The van der Waals surface area contributed by atoms with Crippen LogP contribution in [0.2, 0.25) is 0 Å². The Labute approximate surface area is 64.9 Å². The van der Waals surface area contributed by atoms with Gasteiger partial charge < -0.3 is 0 Å². The van der Waals surface area contributed by atoms with Gasteiger partial charge in [-0.3, -0.25) is 0 Å². The van der Waals surface area contributed by atoms with Crippen molar-refractivity contribution < 1.29 is 0 Å². The van der Waals surface area contributed by atoms with Gasteiger partial charge >= 0.3 is 0 Å². The van der Waals surface area contributed by atoms with Crippen molar-refractivity contribution in [1.82, 2.24) is 0 Å². The second-order valence-corrected chi connectivity index (χ2v) is 1.15. The van der Waals surface area contributed by atoms with Gasteiger partial charge in [0.15, 0.2) is 0 Å². The third-order valence-electron chi connectivity index (χ3n) is 0.667. The van der Waals surface area contributed by atoms with E-state index in [0.717, 1.165) is 0 Å². The Morgan fingerprint density at radius 1 is 0.500 bits per heavy atom. The van der Waals surface area contributed by atoms with Crippen LogP contribution in [0, 0.1) is 12.8 Å². The van der Waals surface area contributed by atoms with Crippen LogP contribution in [0.25, 0.3) is 0 Å². The fraction of sp³-hybridized carbons (Fsp3) is 0.200. The van der Waals surface area contributed by atoms with Gasteiger partial charge in [-0.05, 0) is 0 Å². The molecule has 0 aromatic heterocycles. The Hall–Kier alpha value is -1.22. The fourth-order valence-electron chi connectivity index (χ4n) is 0.385. The second-order valence-electron chi connectivity index (χ2n) is 1.15. The average Bonchev–Trinajstić information content (AvgIpc) is 1.96. The quantitative estimate of drug-likeness (QED) is 0.480. The molecule has 1 aromatic carbocycles. The smallest absolute Gasteiger partial charge is 0.0623 e. The van der Waals surface area contributed by atoms with Crippen molar-refractivity contribution in [2.75, 3.05) is 0 Å². The van der Waals surface area contributed by atoms with Crippen LogP contribution in [0.5, 0.6) is 0 Å². The summed E-state index contributed by atoms with van der Waals surface area (Å²) in [7, 11) is 0. The van der Waals surface area contributed by atoms with Crippen LogP contribution in [0.3, 0.4) is 0 Å². The minimum absolute atomic E-state index is 0. The summed E-state index contributed by atoms with van der Waals surface area (Å²) in [6.45, 7) is 0. The molecule has 0 aliphatic carbocycles.